The number of aliphatic imine (C=N–C) groups is 1. The molecule has 0 bridgehead atoms. The zero-order valence-corrected chi connectivity index (χ0v) is 18.6. The summed E-state index contributed by atoms with van der Waals surface area (Å²) in [6.07, 6.45) is 10.4. The fraction of sp³-hybridized carbons (Fsp3) is 0.400. The molecule has 31 heavy (non-hydrogen) atoms. The average Bonchev–Trinajstić information content (AvgIpc) is 3.23. The number of likely N-dealkylation sites (tertiary alicyclic amines) is 1. The lowest BCUT2D eigenvalue weighted by molar-refractivity contribution is 0.313. The molecule has 1 aromatic carbocycles. The summed E-state index contributed by atoms with van der Waals surface area (Å²) in [4.78, 5) is 6.47. The molecule has 1 aliphatic rings. The van der Waals surface area contributed by atoms with E-state index in [4.69, 9.17) is 5.84 Å². The molecule has 1 unspecified atom stereocenters. The minimum absolute atomic E-state index is 0.212. The third-order valence-corrected chi connectivity index (χ3v) is 5.51. The highest BCUT2D eigenvalue weighted by Gasteiger charge is 2.23. The molecule has 2 rings (SSSR count). The van der Waals surface area contributed by atoms with Gasteiger partial charge in [-0.3, -0.25) is 15.7 Å². The van der Waals surface area contributed by atoms with E-state index in [9.17, 15) is 8.78 Å². The molecule has 0 amide bonds. The van der Waals surface area contributed by atoms with E-state index in [1.165, 1.54) is 18.2 Å². The molecular weight excluding hydrogens is 394 g/mol. The maximum Gasteiger partial charge on any atom is 0.128 e. The fourth-order valence-electron chi connectivity index (χ4n) is 3.82. The maximum atomic E-state index is 14.5. The van der Waals surface area contributed by atoms with E-state index in [0.29, 0.717) is 29.3 Å². The van der Waals surface area contributed by atoms with Crippen LogP contribution in [0.2, 0.25) is 0 Å². The van der Waals surface area contributed by atoms with Gasteiger partial charge in [0.2, 0.25) is 0 Å². The van der Waals surface area contributed by atoms with Gasteiger partial charge in [0, 0.05) is 18.7 Å². The molecule has 1 aliphatic heterocycles. The number of nitrogens with zero attached hydrogens (tertiary/aromatic N) is 2. The van der Waals surface area contributed by atoms with Crippen LogP contribution in [-0.4, -0.2) is 24.7 Å². The Morgan fingerprint density at radius 1 is 1.35 bits per heavy atom. The number of allylic oxidation sites excluding steroid dienone is 6. The highest BCUT2D eigenvalue weighted by Crippen LogP contribution is 2.29. The Hall–Kier alpha value is -2.57. The van der Waals surface area contributed by atoms with Crippen LogP contribution in [0.5, 0.6) is 0 Å². The van der Waals surface area contributed by atoms with Gasteiger partial charge in [0.15, 0.2) is 0 Å². The molecule has 1 saturated heterocycles. The van der Waals surface area contributed by atoms with Crippen molar-refractivity contribution in [2.75, 3.05) is 13.1 Å². The molecule has 0 aliphatic carbocycles. The van der Waals surface area contributed by atoms with Crippen LogP contribution in [0.15, 0.2) is 76.4 Å². The van der Waals surface area contributed by atoms with Crippen LogP contribution >= 0.6 is 0 Å². The van der Waals surface area contributed by atoms with Crippen LogP contribution in [0.4, 0.5) is 8.78 Å². The Bertz CT molecular complexity index is 838. The molecule has 168 valence electrons. The van der Waals surface area contributed by atoms with Crippen molar-refractivity contribution in [2.45, 2.75) is 46.1 Å². The van der Waals surface area contributed by atoms with Gasteiger partial charge in [-0.1, -0.05) is 43.4 Å². The number of nitrogens with two attached hydrogens (primary N) is 1. The van der Waals surface area contributed by atoms with Gasteiger partial charge in [0.05, 0.1) is 11.4 Å². The lowest BCUT2D eigenvalue weighted by Gasteiger charge is -2.17. The van der Waals surface area contributed by atoms with E-state index in [-0.39, 0.29) is 11.6 Å². The first-order chi connectivity index (χ1) is 15.0. The minimum Gasteiger partial charge on any atom is -0.326 e. The van der Waals surface area contributed by atoms with Crippen molar-refractivity contribution in [3.8, 4) is 0 Å². The lowest BCUT2D eigenvalue weighted by atomic mass is 9.99. The SMILES string of the molecule is C=NC(=C(CCC1CCN(Cc2ccc(F)cc2)C1)NN)C(=C/C=C/CC)/C(F)=C\C. The smallest absolute Gasteiger partial charge is 0.128 e. The number of rotatable bonds is 11. The summed E-state index contributed by atoms with van der Waals surface area (Å²) in [5, 5.41) is 0. The van der Waals surface area contributed by atoms with Crippen molar-refractivity contribution in [1.29, 1.82) is 0 Å². The zero-order valence-electron chi connectivity index (χ0n) is 18.6. The molecule has 0 radical (unpaired) electrons. The molecule has 0 spiro atoms. The van der Waals surface area contributed by atoms with Crippen LogP contribution in [0.3, 0.4) is 0 Å². The number of halogens is 2. The molecule has 1 fully saturated rings. The Morgan fingerprint density at radius 2 is 2.10 bits per heavy atom. The van der Waals surface area contributed by atoms with Gasteiger partial charge < -0.3 is 5.43 Å². The molecule has 4 nitrogen and oxygen atoms in total. The zero-order chi connectivity index (χ0) is 22.6. The topological polar surface area (TPSA) is 53.6 Å². The lowest BCUT2D eigenvalue weighted by Crippen LogP contribution is -2.24. The summed E-state index contributed by atoms with van der Waals surface area (Å²) in [6, 6.07) is 6.67. The number of nitrogens with one attached hydrogen (secondary N) is 1. The fourth-order valence-corrected chi connectivity index (χ4v) is 3.82. The number of hydrazine groups is 1. The van der Waals surface area contributed by atoms with Gasteiger partial charge in [-0.05, 0) is 69.5 Å². The van der Waals surface area contributed by atoms with Crippen LogP contribution in [-0.2, 0) is 6.54 Å². The first-order valence-electron chi connectivity index (χ1n) is 10.8. The third kappa shape index (κ3) is 7.56. The van der Waals surface area contributed by atoms with E-state index >= 15 is 0 Å². The van der Waals surface area contributed by atoms with Gasteiger partial charge >= 0.3 is 0 Å². The first-order valence-corrected chi connectivity index (χ1v) is 10.8. The quantitative estimate of drug-likeness (QED) is 0.210. The molecule has 3 N–H and O–H groups in total. The summed E-state index contributed by atoms with van der Waals surface area (Å²) in [6.45, 7) is 10.1. The van der Waals surface area contributed by atoms with E-state index in [1.54, 1.807) is 13.0 Å². The minimum atomic E-state index is -0.359. The van der Waals surface area contributed by atoms with Crippen molar-refractivity contribution in [3.05, 3.63) is 82.7 Å². The van der Waals surface area contributed by atoms with Crippen molar-refractivity contribution in [2.24, 2.45) is 16.8 Å². The molecule has 1 atom stereocenters. The molecule has 1 heterocycles. The Morgan fingerprint density at radius 3 is 2.71 bits per heavy atom. The standard InChI is InChI=1S/C25H34F2N4/c1-4-6-7-8-22(23(27)5-2)25(29-3)24(30-28)14-11-20-15-16-31(18-20)17-19-9-12-21(26)13-10-19/h5-10,12-13,20,30H,3-4,11,14-18,28H2,1-2H3/b7-6+,22-8+,23-5+,25-24?. The summed E-state index contributed by atoms with van der Waals surface area (Å²) in [5.74, 6) is 5.72. The summed E-state index contributed by atoms with van der Waals surface area (Å²) in [5.41, 5.74) is 5.33. The second-order valence-electron chi connectivity index (χ2n) is 7.74. The van der Waals surface area contributed by atoms with Gasteiger partial charge in [0.1, 0.15) is 11.6 Å². The van der Waals surface area contributed by atoms with Crippen molar-refractivity contribution >= 4 is 6.72 Å². The predicted octanol–water partition coefficient (Wildman–Crippen LogP) is 5.57. The number of hydrogen-bond donors (Lipinski definition) is 2. The van der Waals surface area contributed by atoms with Crippen LogP contribution < -0.4 is 11.3 Å². The number of benzene rings is 1. The molecule has 1 aromatic rings. The summed E-state index contributed by atoms with van der Waals surface area (Å²) < 4.78 is 27.6. The van der Waals surface area contributed by atoms with Crippen molar-refractivity contribution in [3.63, 3.8) is 0 Å². The molecule has 0 saturated carbocycles. The predicted molar refractivity (Wildman–Crippen MR) is 125 cm³/mol. The number of hydrogen-bond acceptors (Lipinski definition) is 4. The van der Waals surface area contributed by atoms with E-state index < -0.39 is 0 Å². The van der Waals surface area contributed by atoms with E-state index in [0.717, 1.165) is 44.5 Å². The third-order valence-electron chi connectivity index (χ3n) is 5.51. The second-order valence-corrected chi connectivity index (χ2v) is 7.74. The molecular formula is C25H34F2N4. The van der Waals surface area contributed by atoms with Gasteiger partial charge in [0.25, 0.3) is 0 Å². The van der Waals surface area contributed by atoms with Crippen LogP contribution in [0.1, 0.15) is 45.1 Å². The van der Waals surface area contributed by atoms with E-state index in [1.807, 2.05) is 31.2 Å². The van der Waals surface area contributed by atoms with Gasteiger partial charge in [-0.15, -0.1) is 0 Å². The monoisotopic (exact) mass is 428 g/mol. The second kappa shape index (κ2) is 13.0. The first kappa shape index (κ1) is 24.7. The van der Waals surface area contributed by atoms with Crippen molar-refractivity contribution < 1.29 is 8.78 Å². The molecule has 0 aromatic heterocycles. The van der Waals surface area contributed by atoms with Crippen molar-refractivity contribution in [1.82, 2.24) is 10.3 Å². The van der Waals surface area contributed by atoms with Crippen LogP contribution in [0, 0.1) is 11.7 Å². The summed E-state index contributed by atoms with van der Waals surface area (Å²) in [7, 11) is 0. The average molecular weight is 429 g/mol. The Labute approximate surface area is 184 Å². The maximum absolute atomic E-state index is 14.5. The normalized spacial score (nSPS) is 19.1. The summed E-state index contributed by atoms with van der Waals surface area (Å²) >= 11 is 0. The Balaban J connectivity index is 2.05. The highest BCUT2D eigenvalue weighted by atomic mass is 19.1. The van der Waals surface area contributed by atoms with Gasteiger partial charge in [-0.25, -0.2) is 8.78 Å². The van der Waals surface area contributed by atoms with Crippen LogP contribution in [0.25, 0.3) is 0 Å². The molecule has 6 heteroatoms. The Kier molecular flexibility index (Phi) is 10.3. The van der Waals surface area contributed by atoms with Gasteiger partial charge in [-0.2, -0.15) is 0 Å². The highest BCUT2D eigenvalue weighted by molar-refractivity contribution is 5.50. The largest absolute Gasteiger partial charge is 0.326 e. The van der Waals surface area contributed by atoms with E-state index in [2.05, 4.69) is 22.0 Å².